The molecule has 4 nitrogen and oxygen atoms in total. The van der Waals surface area contributed by atoms with Crippen LogP contribution >= 0.6 is 22.9 Å². The lowest BCUT2D eigenvalue weighted by Gasteiger charge is -2.15. The van der Waals surface area contributed by atoms with Gasteiger partial charge < -0.3 is 5.32 Å². The number of benzene rings is 1. The van der Waals surface area contributed by atoms with Gasteiger partial charge in [0.05, 0.1) is 18.2 Å². The molecule has 108 valence electrons. The Morgan fingerprint density at radius 3 is 2.67 bits per heavy atom. The summed E-state index contributed by atoms with van der Waals surface area (Å²) in [5.41, 5.74) is 0.565. The zero-order valence-corrected chi connectivity index (χ0v) is 12.7. The summed E-state index contributed by atoms with van der Waals surface area (Å²) >= 11 is 7.45. The van der Waals surface area contributed by atoms with Crippen LogP contribution in [0, 0.1) is 0 Å². The van der Waals surface area contributed by atoms with Crippen molar-refractivity contribution in [2.75, 3.05) is 4.90 Å². The van der Waals surface area contributed by atoms with Crippen molar-refractivity contribution in [3.05, 3.63) is 51.7 Å². The van der Waals surface area contributed by atoms with E-state index in [0.717, 1.165) is 4.88 Å². The van der Waals surface area contributed by atoms with E-state index >= 15 is 0 Å². The number of halogens is 1. The van der Waals surface area contributed by atoms with Gasteiger partial charge in [-0.15, -0.1) is 11.3 Å². The van der Waals surface area contributed by atoms with Crippen LogP contribution in [0.15, 0.2) is 41.8 Å². The van der Waals surface area contributed by atoms with Gasteiger partial charge in [-0.25, -0.2) is 4.90 Å². The fraction of sp³-hybridized carbons (Fsp3) is 0.200. The van der Waals surface area contributed by atoms with Crippen LogP contribution in [0.1, 0.15) is 11.3 Å². The van der Waals surface area contributed by atoms with E-state index < -0.39 is 6.04 Å². The number of nitrogens with one attached hydrogen (secondary N) is 1. The number of nitrogens with zero attached hydrogens (tertiary/aromatic N) is 1. The summed E-state index contributed by atoms with van der Waals surface area (Å²) in [6, 6.07) is 10.2. The molecule has 6 heteroatoms. The molecule has 2 aromatic rings. The molecule has 0 unspecified atom stereocenters. The van der Waals surface area contributed by atoms with E-state index in [-0.39, 0.29) is 18.2 Å². The quantitative estimate of drug-likeness (QED) is 0.881. The Morgan fingerprint density at radius 1 is 1.24 bits per heavy atom. The number of carbonyl (C=O) groups excluding carboxylic acids is 2. The molecule has 0 bridgehead atoms. The molecular formula is C15H13ClN2O2S. The van der Waals surface area contributed by atoms with Gasteiger partial charge in [-0.05, 0) is 35.7 Å². The monoisotopic (exact) mass is 320 g/mol. The topological polar surface area (TPSA) is 49.4 Å². The Labute approximate surface area is 131 Å². The zero-order valence-electron chi connectivity index (χ0n) is 11.1. The highest BCUT2D eigenvalue weighted by molar-refractivity contribution is 7.09. The third-order valence-electron chi connectivity index (χ3n) is 3.33. The van der Waals surface area contributed by atoms with Gasteiger partial charge in [0.1, 0.15) is 0 Å². The minimum atomic E-state index is -0.463. The first-order chi connectivity index (χ1) is 10.1. The van der Waals surface area contributed by atoms with Crippen molar-refractivity contribution in [2.45, 2.75) is 19.0 Å². The molecule has 21 heavy (non-hydrogen) atoms. The average Bonchev–Trinajstić information content (AvgIpc) is 3.07. The lowest BCUT2D eigenvalue weighted by atomic mass is 10.2. The minimum Gasteiger partial charge on any atom is -0.300 e. The molecule has 0 radical (unpaired) electrons. The maximum Gasteiger partial charge on any atom is 0.251 e. The Kier molecular flexibility index (Phi) is 4.05. The zero-order chi connectivity index (χ0) is 14.8. The molecule has 0 spiro atoms. The fourth-order valence-corrected chi connectivity index (χ4v) is 3.07. The van der Waals surface area contributed by atoms with E-state index in [1.807, 2.05) is 17.5 Å². The Bertz CT molecular complexity index is 655. The van der Waals surface area contributed by atoms with E-state index in [2.05, 4.69) is 5.32 Å². The first-order valence-electron chi connectivity index (χ1n) is 6.53. The van der Waals surface area contributed by atoms with E-state index in [4.69, 9.17) is 11.6 Å². The number of amides is 2. The largest absolute Gasteiger partial charge is 0.300 e. The molecule has 2 heterocycles. The standard InChI is InChI=1S/C15H13ClN2O2S/c16-10-3-5-11(6-4-10)18-14(19)8-13(15(18)20)17-9-12-2-1-7-21-12/h1-7,13,17H,8-9H2/t13-/m0/s1. The molecule has 1 saturated heterocycles. The van der Waals surface area contributed by atoms with Crippen molar-refractivity contribution in [1.82, 2.24) is 5.32 Å². The normalized spacial score (nSPS) is 18.5. The number of hydrogen-bond donors (Lipinski definition) is 1. The van der Waals surface area contributed by atoms with Crippen LogP contribution in [0.4, 0.5) is 5.69 Å². The maximum absolute atomic E-state index is 12.4. The van der Waals surface area contributed by atoms with Crippen LogP contribution in [-0.4, -0.2) is 17.9 Å². The first-order valence-corrected chi connectivity index (χ1v) is 7.79. The highest BCUT2D eigenvalue weighted by Crippen LogP contribution is 2.24. The lowest BCUT2D eigenvalue weighted by molar-refractivity contribution is -0.121. The van der Waals surface area contributed by atoms with Crippen molar-refractivity contribution < 1.29 is 9.59 Å². The molecular weight excluding hydrogens is 308 g/mol. The Hall–Kier alpha value is -1.69. The van der Waals surface area contributed by atoms with E-state index in [9.17, 15) is 9.59 Å². The van der Waals surface area contributed by atoms with Crippen LogP contribution in [0.2, 0.25) is 5.02 Å². The van der Waals surface area contributed by atoms with E-state index in [1.54, 1.807) is 35.6 Å². The second-order valence-corrected chi connectivity index (χ2v) is 6.23. The van der Waals surface area contributed by atoms with Gasteiger partial charge in [-0.2, -0.15) is 0 Å². The van der Waals surface area contributed by atoms with Gasteiger partial charge in [0.2, 0.25) is 5.91 Å². The minimum absolute atomic E-state index is 0.187. The molecule has 0 saturated carbocycles. The Balaban J connectivity index is 1.71. The summed E-state index contributed by atoms with van der Waals surface area (Å²) in [6.07, 6.45) is 0.187. The van der Waals surface area contributed by atoms with Gasteiger partial charge in [-0.3, -0.25) is 9.59 Å². The van der Waals surface area contributed by atoms with Gasteiger partial charge >= 0.3 is 0 Å². The van der Waals surface area contributed by atoms with Gasteiger partial charge in [0.25, 0.3) is 5.91 Å². The highest BCUT2D eigenvalue weighted by atomic mass is 35.5. The van der Waals surface area contributed by atoms with E-state index in [0.29, 0.717) is 17.3 Å². The van der Waals surface area contributed by atoms with Crippen molar-refractivity contribution in [3.8, 4) is 0 Å². The molecule has 1 aromatic heterocycles. The molecule has 3 rings (SSSR count). The molecule has 1 fully saturated rings. The SMILES string of the molecule is O=C1C[C@H](NCc2cccs2)C(=O)N1c1ccc(Cl)cc1. The fourth-order valence-electron chi connectivity index (χ4n) is 2.29. The van der Waals surface area contributed by atoms with Gasteiger partial charge in [-0.1, -0.05) is 17.7 Å². The molecule has 0 aliphatic carbocycles. The smallest absolute Gasteiger partial charge is 0.251 e. The molecule has 1 atom stereocenters. The summed E-state index contributed by atoms with van der Waals surface area (Å²) < 4.78 is 0. The predicted octanol–water partition coefficient (Wildman–Crippen LogP) is 2.82. The van der Waals surface area contributed by atoms with Crippen molar-refractivity contribution in [3.63, 3.8) is 0 Å². The van der Waals surface area contributed by atoms with Crippen molar-refractivity contribution in [2.24, 2.45) is 0 Å². The molecule has 1 aliphatic rings. The van der Waals surface area contributed by atoms with Crippen molar-refractivity contribution in [1.29, 1.82) is 0 Å². The number of anilines is 1. The molecule has 1 N–H and O–H groups in total. The third kappa shape index (κ3) is 3.00. The number of thiophene rings is 1. The van der Waals surface area contributed by atoms with Crippen LogP contribution in [0.5, 0.6) is 0 Å². The predicted molar refractivity (Wildman–Crippen MR) is 83.5 cm³/mol. The van der Waals surface area contributed by atoms with Crippen LogP contribution in [0.25, 0.3) is 0 Å². The summed E-state index contributed by atoms with van der Waals surface area (Å²) in [6.45, 7) is 0.593. The van der Waals surface area contributed by atoms with Gasteiger partial charge in [0, 0.05) is 16.4 Å². The lowest BCUT2D eigenvalue weighted by Crippen LogP contribution is -2.38. The summed E-state index contributed by atoms with van der Waals surface area (Å²) in [7, 11) is 0. The molecule has 2 amide bonds. The van der Waals surface area contributed by atoms with Crippen LogP contribution in [0.3, 0.4) is 0 Å². The van der Waals surface area contributed by atoms with E-state index in [1.165, 1.54) is 4.90 Å². The van der Waals surface area contributed by atoms with Gasteiger partial charge in [0.15, 0.2) is 0 Å². The second-order valence-electron chi connectivity index (χ2n) is 4.76. The summed E-state index contributed by atoms with van der Waals surface area (Å²) in [4.78, 5) is 26.8. The summed E-state index contributed by atoms with van der Waals surface area (Å²) in [5, 5.41) is 5.71. The van der Waals surface area contributed by atoms with Crippen LogP contribution < -0.4 is 10.2 Å². The highest BCUT2D eigenvalue weighted by Gasteiger charge is 2.39. The Morgan fingerprint density at radius 2 is 2.00 bits per heavy atom. The second kappa shape index (κ2) is 5.97. The summed E-state index contributed by atoms with van der Waals surface area (Å²) in [5.74, 6) is -0.398. The molecule has 1 aliphatic heterocycles. The number of imide groups is 1. The third-order valence-corrected chi connectivity index (χ3v) is 4.46. The number of rotatable bonds is 4. The number of carbonyl (C=O) groups is 2. The number of hydrogen-bond acceptors (Lipinski definition) is 4. The first kappa shape index (κ1) is 14.3. The van der Waals surface area contributed by atoms with Crippen LogP contribution in [-0.2, 0) is 16.1 Å². The average molecular weight is 321 g/mol. The van der Waals surface area contributed by atoms with Crippen molar-refractivity contribution >= 4 is 40.4 Å². The molecule has 1 aromatic carbocycles. The maximum atomic E-state index is 12.4.